The molecule has 2 aromatic carbocycles. The molecule has 1 unspecified atom stereocenters. The predicted octanol–water partition coefficient (Wildman–Crippen LogP) is 2.82. The second-order valence-corrected chi connectivity index (χ2v) is 7.72. The summed E-state index contributed by atoms with van der Waals surface area (Å²) < 4.78 is 23.2. The van der Waals surface area contributed by atoms with Crippen molar-refractivity contribution in [2.45, 2.75) is 25.7 Å². The second kappa shape index (κ2) is 9.85. The lowest BCUT2D eigenvalue weighted by molar-refractivity contribution is -0.413. The van der Waals surface area contributed by atoms with Crippen LogP contribution in [-0.4, -0.2) is 58.2 Å². The van der Waals surface area contributed by atoms with Gasteiger partial charge in [-0.2, -0.15) is 4.58 Å². The van der Waals surface area contributed by atoms with Crippen LogP contribution < -0.4 is 19.6 Å². The van der Waals surface area contributed by atoms with Crippen LogP contribution >= 0.6 is 0 Å². The molecular formula is C25H28NO7+. The van der Waals surface area contributed by atoms with E-state index in [2.05, 4.69) is 0 Å². The van der Waals surface area contributed by atoms with E-state index in [1.165, 1.54) is 45.0 Å². The van der Waals surface area contributed by atoms with Crippen LogP contribution in [0, 0.1) is 0 Å². The predicted molar refractivity (Wildman–Crippen MR) is 123 cm³/mol. The van der Waals surface area contributed by atoms with Crippen LogP contribution in [0.15, 0.2) is 29.1 Å². The van der Waals surface area contributed by atoms with E-state index in [1.807, 2.05) is 6.07 Å². The highest BCUT2D eigenvalue weighted by molar-refractivity contribution is 5.91. The second-order valence-electron chi connectivity index (χ2n) is 7.72. The number of aryl methyl sites for hydroxylation is 1. The van der Waals surface area contributed by atoms with Gasteiger partial charge in [0.2, 0.25) is 5.75 Å². The summed E-state index contributed by atoms with van der Waals surface area (Å²) in [7, 11) is 7.52. The Bertz CT molecular complexity index is 1200. The van der Waals surface area contributed by atoms with Gasteiger partial charge in [0.1, 0.15) is 12.6 Å². The molecule has 8 nitrogen and oxygen atoms in total. The van der Waals surface area contributed by atoms with Crippen LogP contribution in [0.2, 0.25) is 0 Å². The van der Waals surface area contributed by atoms with Crippen molar-refractivity contribution in [3.63, 3.8) is 0 Å². The zero-order valence-corrected chi connectivity index (χ0v) is 19.7. The number of carbonyl (C=O) groups excluding carboxylic acids is 2. The molecule has 2 aromatic rings. The topological polar surface area (TPSA) is 91.1 Å². The van der Waals surface area contributed by atoms with Crippen molar-refractivity contribution in [1.29, 1.82) is 0 Å². The van der Waals surface area contributed by atoms with Gasteiger partial charge in [0, 0.05) is 5.56 Å². The molecule has 0 fully saturated rings. The van der Waals surface area contributed by atoms with Crippen molar-refractivity contribution in [2.24, 2.45) is 0 Å². The molecule has 0 saturated carbocycles. The molecule has 1 aliphatic carbocycles. The quantitative estimate of drug-likeness (QED) is 0.390. The SMILES string of the molecule is COC(=O)c1ccc2c(cc1=O)C(C=[N+](C)C(C)=O)CCc1cc(OC)c(OC)c(OC)c1-2. The Labute approximate surface area is 192 Å². The molecule has 1 aliphatic rings. The standard InChI is InChI=1S/C25H28NO7/c1-14(27)26(2)13-16-8-7-15-11-21(30-3)23(31-4)24(32-5)22(15)17-9-10-18(25(29)33-6)20(28)12-19(16)17/h9-13,16H,7-8H2,1-6H3/q+1. The van der Waals surface area contributed by atoms with Crippen molar-refractivity contribution in [3.8, 4) is 28.4 Å². The Morgan fingerprint density at radius 1 is 1.03 bits per heavy atom. The largest absolute Gasteiger partial charge is 0.493 e. The molecule has 0 heterocycles. The van der Waals surface area contributed by atoms with E-state index in [0.29, 0.717) is 41.2 Å². The number of benzene rings is 1. The van der Waals surface area contributed by atoms with E-state index in [9.17, 15) is 14.4 Å². The molecule has 8 heteroatoms. The Hall–Kier alpha value is -3.68. The molecule has 0 aliphatic heterocycles. The number of fused-ring (bicyclic) bond motifs is 3. The summed E-state index contributed by atoms with van der Waals surface area (Å²) in [4.78, 5) is 37.1. The molecule has 1 atom stereocenters. The normalized spacial score (nSPS) is 15.0. The fraction of sp³-hybridized carbons (Fsp3) is 0.360. The summed E-state index contributed by atoms with van der Waals surface area (Å²) in [6.07, 6.45) is 3.05. The molecule has 0 N–H and O–H groups in total. The summed E-state index contributed by atoms with van der Waals surface area (Å²) in [5, 5.41) is 0. The number of amides is 1. The van der Waals surface area contributed by atoms with Gasteiger partial charge in [-0.3, -0.25) is 4.79 Å². The van der Waals surface area contributed by atoms with E-state index in [-0.39, 0.29) is 17.4 Å². The monoisotopic (exact) mass is 454 g/mol. The third-order valence-electron chi connectivity index (χ3n) is 5.89. The van der Waals surface area contributed by atoms with Gasteiger partial charge in [-0.1, -0.05) is 6.07 Å². The highest BCUT2D eigenvalue weighted by Gasteiger charge is 2.30. The minimum atomic E-state index is -0.717. The first-order valence-electron chi connectivity index (χ1n) is 10.4. The van der Waals surface area contributed by atoms with Gasteiger partial charge in [-0.05, 0) is 47.7 Å². The molecule has 3 rings (SSSR count). The summed E-state index contributed by atoms with van der Waals surface area (Å²) >= 11 is 0. The first kappa shape index (κ1) is 24.0. The minimum Gasteiger partial charge on any atom is -0.493 e. The van der Waals surface area contributed by atoms with E-state index < -0.39 is 11.4 Å². The van der Waals surface area contributed by atoms with Crippen LogP contribution in [0.3, 0.4) is 0 Å². The van der Waals surface area contributed by atoms with Crippen molar-refractivity contribution in [2.75, 3.05) is 35.5 Å². The first-order chi connectivity index (χ1) is 15.8. The van der Waals surface area contributed by atoms with Gasteiger partial charge >= 0.3 is 11.9 Å². The van der Waals surface area contributed by atoms with E-state index in [1.54, 1.807) is 26.4 Å². The maximum atomic E-state index is 13.0. The molecule has 33 heavy (non-hydrogen) atoms. The molecule has 0 aromatic heterocycles. The van der Waals surface area contributed by atoms with Gasteiger partial charge in [0.05, 0.1) is 41.3 Å². The minimum absolute atomic E-state index is 0.0785. The van der Waals surface area contributed by atoms with Gasteiger partial charge in [0.25, 0.3) is 0 Å². The van der Waals surface area contributed by atoms with Gasteiger partial charge in [-0.15, -0.1) is 0 Å². The van der Waals surface area contributed by atoms with Crippen LogP contribution in [0.4, 0.5) is 0 Å². The number of ether oxygens (including phenoxy) is 4. The molecule has 0 spiro atoms. The summed E-state index contributed by atoms with van der Waals surface area (Å²) in [5.74, 6) is 0.303. The maximum Gasteiger partial charge on any atom is 0.383 e. The maximum absolute atomic E-state index is 13.0. The van der Waals surface area contributed by atoms with Crippen molar-refractivity contribution in [1.82, 2.24) is 0 Å². The Morgan fingerprint density at radius 2 is 1.73 bits per heavy atom. The molecule has 1 amide bonds. The average molecular weight is 454 g/mol. The molecular weight excluding hydrogens is 426 g/mol. The number of carbonyl (C=O) groups is 2. The molecule has 0 saturated heterocycles. The first-order valence-corrected chi connectivity index (χ1v) is 10.4. The lowest BCUT2D eigenvalue weighted by atomic mass is 9.93. The molecule has 0 radical (unpaired) electrons. The zero-order valence-electron chi connectivity index (χ0n) is 19.7. The lowest BCUT2D eigenvalue weighted by Crippen LogP contribution is -2.19. The smallest absolute Gasteiger partial charge is 0.383 e. The number of nitrogens with zero attached hydrogens (tertiary/aromatic N) is 1. The van der Waals surface area contributed by atoms with Gasteiger partial charge in [-0.25, -0.2) is 9.59 Å². The Kier molecular flexibility index (Phi) is 7.16. The van der Waals surface area contributed by atoms with Crippen molar-refractivity contribution in [3.05, 3.63) is 51.2 Å². The third-order valence-corrected chi connectivity index (χ3v) is 5.89. The molecule has 0 bridgehead atoms. The fourth-order valence-corrected chi connectivity index (χ4v) is 4.15. The van der Waals surface area contributed by atoms with E-state index in [4.69, 9.17) is 18.9 Å². The summed E-state index contributed by atoms with van der Waals surface area (Å²) in [6, 6.07) is 6.52. The number of rotatable bonds is 5. The van der Waals surface area contributed by atoms with Gasteiger partial charge < -0.3 is 18.9 Å². The third kappa shape index (κ3) is 4.46. The fourth-order valence-electron chi connectivity index (χ4n) is 4.15. The number of esters is 1. The highest BCUT2D eigenvalue weighted by atomic mass is 16.5. The number of methoxy groups -OCH3 is 4. The van der Waals surface area contributed by atoms with Crippen molar-refractivity contribution >= 4 is 18.1 Å². The highest BCUT2D eigenvalue weighted by Crippen LogP contribution is 2.50. The van der Waals surface area contributed by atoms with E-state index in [0.717, 1.165) is 11.1 Å². The number of hydrogen-bond donors (Lipinski definition) is 0. The van der Waals surface area contributed by atoms with Crippen LogP contribution in [-0.2, 0) is 16.0 Å². The molecule has 174 valence electrons. The average Bonchev–Trinajstić information content (AvgIpc) is 3.06. The van der Waals surface area contributed by atoms with Crippen molar-refractivity contribution < 1.29 is 33.1 Å². The summed E-state index contributed by atoms with van der Waals surface area (Å²) in [6.45, 7) is 1.47. The van der Waals surface area contributed by atoms with Crippen LogP contribution in [0.1, 0.15) is 40.7 Å². The number of hydrogen-bond acceptors (Lipinski definition) is 7. The zero-order chi connectivity index (χ0) is 24.3. The van der Waals surface area contributed by atoms with Crippen LogP contribution in [0.5, 0.6) is 17.2 Å². The Balaban J connectivity index is 2.45. The summed E-state index contributed by atoms with van der Waals surface area (Å²) in [5.41, 5.74) is 2.52. The van der Waals surface area contributed by atoms with Gasteiger partial charge in [0.15, 0.2) is 23.1 Å². The van der Waals surface area contributed by atoms with E-state index >= 15 is 0 Å². The lowest BCUT2D eigenvalue weighted by Gasteiger charge is -2.19. The van der Waals surface area contributed by atoms with Crippen LogP contribution in [0.25, 0.3) is 11.1 Å². The Morgan fingerprint density at radius 3 is 2.30 bits per heavy atom.